The first-order chi connectivity index (χ1) is 13.5. The predicted molar refractivity (Wildman–Crippen MR) is 105 cm³/mol. The molecule has 0 saturated heterocycles. The molecule has 0 bridgehead atoms. The Bertz CT molecular complexity index is 940. The quantitative estimate of drug-likeness (QED) is 0.866. The van der Waals surface area contributed by atoms with Crippen molar-refractivity contribution < 1.29 is 19.1 Å². The monoisotopic (exact) mass is 380 g/mol. The Morgan fingerprint density at radius 3 is 2.57 bits per heavy atom. The van der Waals surface area contributed by atoms with Gasteiger partial charge >= 0.3 is 0 Å². The molecule has 2 atom stereocenters. The molecule has 0 aromatic heterocycles. The van der Waals surface area contributed by atoms with E-state index in [9.17, 15) is 9.59 Å². The van der Waals surface area contributed by atoms with Gasteiger partial charge in [-0.1, -0.05) is 18.2 Å². The lowest BCUT2D eigenvalue weighted by molar-refractivity contribution is -0.126. The molecule has 0 saturated carbocycles. The summed E-state index contributed by atoms with van der Waals surface area (Å²) < 4.78 is 10.8. The Balaban J connectivity index is 1.49. The molecule has 0 unspecified atom stereocenters. The zero-order chi connectivity index (χ0) is 19.8. The smallest absolute Gasteiger partial charge is 0.255 e. The summed E-state index contributed by atoms with van der Waals surface area (Å²) in [6.45, 7) is 2.25. The van der Waals surface area contributed by atoms with Crippen LogP contribution in [0.1, 0.15) is 46.4 Å². The minimum atomic E-state index is -0.538. The van der Waals surface area contributed by atoms with Crippen molar-refractivity contribution in [1.29, 1.82) is 0 Å². The summed E-state index contributed by atoms with van der Waals surface area (Å²) in [7, 11) is 3.22. The van der Waals surface area contributed by atoms with Gasteiger partial charge in [-0.05, 0) is 54.7 Å². The molecule has 146 valence electrons. The van der Waals surface area contributed by atoms with Gasteiger partial charge in [0.15, 0.2) is 11.5 Å². The van der Waals surface area contributed by atoms with Crippen LogP contribution in [0.3, 0.4) is 0 Å². The van der Waals surface area contributed by atoms with E-state index in [1.807, 2.05) is 36.4 Å². The first-order valence-corrected chi connectivity index (χ1v) is 9.47. The summed E-state index contributed by atoms with van der Waals surface area (Å²) in [4.78, 5) is 27.2. The average Bonchev–Trinajstić information content (AvgIpc) is 3.27. The van der Waals surface area contributed by atoms with E-state index in [0.717, 1.165) is 29.5 Å². The number of fused-ring (bicyclic) bond motifs is 2. The van der Waals surface area contributed by atoms with Crippen LogP contribution in [0.15, 0.2) is 36.4 Å². The van der Waals surface area contributed by atoms with E-state index in [0.29, 0.717) is 23.6 Å². The van der Waals surface area contributed by atoms with Crippen molar-refractivity contribution in [2.75, 3.05) is 14.2 Å². The zero-order valence-corrected chi connectivity index (χ0v) is 16.3. The van der Waals surface area contributed by atoms with Crippen LogP contribution < -0.4 is 14.8 Å². The summed E-state index contributed by atoms with van der Waals surface area (Å²) in [6, 6.07) is 10.8. The van der Waals surface area contributed by atoms with Crippen LogP contribution in [0, 0.1) is 0 Å². The minimum absolute atomic E-state index is 0.0866. The number of benzene rings is 2. The van der Waals surface area contributed by atoms with Crippen molar-refractivity contribution in [2.45, 2.75) is 38.4 Å². The average molecular weight is 380 g/mol. The third kappa shape index (κ3) is 2.99. The van der Waals surface area contributed by atoms with Crippen molar-refractivity contribution in [3.63, 3.8) is 0 Å². The summed E-state index contributed by atoms with van der Waals surface area (Å²) in [5.74, 6) is 1.12. The lowest BCUT2D eigenvalue weighted by Crippen LogP contribution is -2.46. The Kier molecular flexibility index (Phi) is 4.71. The second-order valence-corrected chi connectivity index (χ2v) is 7.27. The van der Waals surface area contributed by atoms with E-state index in [1.54, 1.807) is 26.0 Å². The number of methoxy groups -OCH3 is 2. The maximum atomic E-state index is 12.9. The number of ether oxygens (including phenoxy) is 2. The fraction of sp³-hybridized carbons (Fsp3) is 0.364. The second kappa shape index (κ2) is 7.19. The molecule has 2 aromatic carbocycles. The highest BCUT2D eigenvalue weighted by molar-refractivity contribution is 6.01. The predicted octanol–water partition coefficient (Wildman–Crippen LogP) is 2.85. The fourth-order valence-electron chi connectivity index (χ4n) is 4.11. The molecule has 28 heavy (non-hydrogen) atoms. The van der Waals surface area contributed by atoms with Gasteiger partial charge in [0, 0.05) is 12.1 Å². The molecular formula is C22H24N2O4. The largest absolute Gasteiger partial charge is 0.493 e. The van der Waals surface area contributed by atoms with Gasteiger partial charge in [0.05, 0.1) is 20.3 Å². The maximum Gasteiger partial charge on any atom is 0.255 e. The van der Waals surface area contributed by atoms with Crippen molar-refractivity contribution >= 4 is 11.8 Å². The van der Waals surface area contributed by atoms with Gasteiger partial charge in [-0.15, -0.1) is 0 Å². The van der Waals surface area contributed by atoms with Gasteiger partial charge in [-0.2, -0.15) is 0 Å². The number of rotatable bonds is 5. The molecule has 2 aliphatic rings. The number of hydrogen-bond donors (Lipinski definition) is 1. The first kappa shape index (κ1) is 18.3. The van der Waals surface area contributed by atoms with Crippen LogP contribution in [-0.4, -0.2) is 37.0 Å². The molecule has 1 N–H and O–H groups in total. The summed E-state index contributed by atoms with van der Waals surface area (Å²) in [5.41, 5.74) is 3.86. The topological polar surface area (TPSA) is 67.9 Å². The highest BCUT2D eigenvalue weighted by Gasteiger charge is 2.35. The molecule has 2 amide bonds. The first-order valence-electron chi connectivity index (χ1n) is 9.47. The van der Waals surface area contributed by atoms with Gasteiger partial charge in [0.1, 0.15) is 6.04 Å². The summed E-state index contributed by atoms with van der Waals surface area (Å²) >= 11 is 0. The van der Waals surface area contributed by atoms with Crippen LogP contribution in [-0.2, 0) is 17.8 Å². The van der Waals surface area contributed by atoms with E-state index >= 15 is 0 Å². The SMILES string of the molecule is COc1cc2c(cc1OC)[C@@H](NC(=O)[C@H](C)N1Cc3ccccc3C1=O)CC2. The molecule has 2 aromatic rings. The molecule has 0 fully saturated rings. The van der Waals surface area contributed by atoms with Crippen LogP contribution in [0.4, 0.5) is 0 Å². The lowest BCUT2D eigenvalue weighted by atomic mass is 10.1. The minimum Gasteiger partial charge on any atom is -0.493 e. The van der Waals surface area contributed by atoms with Gasteiger partial charge < -0.3 is 19.7 Å². The van der Waals surface area contributed by atoms with Crippen molar-refractivity contribution in [3.8, 4) is 11.5 Å². The zero-order valence-electron chi connectivity index (χ0n) is 16.3. The van der Waals surface area contributed by atoms with Crippen molar-refractivity contribution in [2.24, 2.45) is 0 Å². The Morgan fingerprint density at radius 2 is 1.86 bits per heavy atom. The number of amides is 2. The number of carbonyl (C=O) groups excluding carboxylic acids is 2. The Labute approximate surface area is 164 Å². The van der Waals surface area contributed by atoms with E-state index in [2.05, 4.69) is 5.32 Å². The Hall–Kier alpha value is -3.02. The van der Waals surface area contributed by atoms with Crippen LogP contribution in [0.5, 0.6) is 11.5 Å². The third-order valence-corrected chi connectivity index (χ3v) is 5.74. The molecule has 1 aliphatic carbocycles. The lowest BCUT2D eigenvalue weighted by Gasteiger charge is -2.25. The van der Waals surface area contributed by atoms with E-state index in [-0.39, 0.29) is 17.9 Å². The van der Waals surface area contributed by atoms with Crippen molar-refractivity contribution in [1.82, 2.24) is 10.2 Å². The normalized spacial score (nSPS) is 18.5. The third-order valence-electron chi connectivity index (χ3n) is 5.74. The van der Waals surface area contributed by atoms with E-state index < -0.39 is 6.04 Å². The number of nitrogens with one attached hydrogen (secondary N) is 1. The number of nitrogens with zero attached hydrogens (tertiary/aromatic N) is 1. The molecule has 1 aliphatic heterocycles. The highest BCUT2D eigenvalue weighted by Crippen LogP contribution is 2.39. The van der Waals surface area contributed by atoms with Crippen LogP contribution in [0.2, 0.25) is 0 Å². The summed E-state index contributed by atoms with van der Waals surface area (Å²) in [5, 5.41) is 3.12. The molecule has 6 nitrogen and oxygen atoms in total. The molecule has 1 heterocycles. The van der Waals surface area contributed by atoms with Crippen LogP contribution >= 0.6 is 0 Å². The fourth-order valence-corrected chi connectivity index (χ4v) is 4.11. The standard InChI is InChI=1S/C22H24N2O4/c1-13(24-12-15-6-4-5-7-16(15)22(24)26)21(25)23-18-9-8-14-10-19(27-2)20(28-3)11-17(14)18/h4-7,10-11,13,18H,8-9,12H2,1-3H3,(H,23,25)/t13-,18-/m0/s1. The van der Waals surface area contributed by atoms with Gasteiger partial charge in [0.25, 0.3) is 5.91 Å². The molecule has 0 spiro atoms. The number of carbonyl (C=O) groups is 2. The Morgan fingerprint density at radius 1 is 1.14 bits per heavy atom. The molecule has 0 radical (unpaired) electrons. The van der Waals surface area contributed by atoms with Gasteiger partial charge in [-0.25, -0.2) is 0 Å². The van der Waals surface area contributed by atoms with Gasteiger partial charge in [0.2, 0.25) is 5.91 Å². The summed E-state index contributed by atoms with van der Waals surface area (Å²) in [6.07, 6.45) is 1.68. The molecule has 4 rings (SSSR count). The van der Waals surface area contributed by atoms with E-state index in [4.69, 9.17) is 9.47 Å². The molecule has 6 heteroatoms. The maximum absolute atomic E-state index is 12.9. The highest BCUT2D eigenvalue weighted by atomic mass is 16.5. The number of hydrogen-bond acceptors (Lipinski definition) is 4. The van der Waals surface area contributed by atoms with Gasteiger partial charge in [-0.3, -0.25) is 9.59 Å². The second-order valence-electron chi connectivity index (χ2n) is 7.27. The molecular weight excluding hydrogens is 356 g/mol. The van der Waals surface area contributed by atoms with Crippen molar-refractivity contribution in [3.05, 3.63) is 58.7 Å². The van der Waals surface area contributed by atoms with E-state index in [1.165, 1.54) is 0 Å². The number of aryl methyl sites for hydroxylation is 1. The van der Waals surface area contributed by atoms with Crippen LogP contribution in [0.25, 0.3) is 0 Å².